The molecule has 0 saturated carbocycles. The second-order valence-electron chi connectivity index (χ2n) is 4.93. The van der Waals surface area contributed by atoms with E-state index in [1.165, 1.54) is 0 Å². The maximum Gasteiger partial charge on any atom is 0.327 e. The molecule has 4 N–H and O–H groups in total. The fraction of sp³-hybridized carbons (Fsp3) is 0. The van der Waals surface area contributed by atoms with Crippen molar-refractivity contribution in [1.82, 2.24) is 0 Å². The standard InChI is InChI=1S/C14H10O2.2C3H4O2/c15-13-5-1-3-9-7-10-4-2-6-14(16)12(10)8-11(9)13;2*1-2-3(4)5/h1-8,15-16H;2*2H,1H2,(H,4,5). The number of fused-ring (bicyclic) bond motifs is 2. The summed E-state index contributed by atoms with van der Waals surface area (Å²) >= 11 is 0. The Balaban J connectivity index is 0.000000284. The van der Waals surface area contributed by atoms with Crippen LogP contribution in [-0.2, 0) is 9.59 Å². The highest BCUT2D eigenvalue weighted by Gasteiger charge is 2.04. The average molecular weight is 354 g/mol. The van der Waals surface area contributed by atoms with E-state index in [4.69, 9.17) is 10.2 Å². The Morgan fingerprint density at radius 3 is 1.38 bits per heavy atom. The van der Waals surface area contributed by atoms with Crippen molar-refractivity contribution in [2.45, 2.75) is 0 Å². The van der Waals surface area contributed by atoms with Crippen LogP contribution in [0.1, 0.15) is 0 Å². The number of carbonyl (C=O) groups is 2. The zero-order valence-electron chi connectivity index (χ0n) is 13.8. The highest BCUT2D eigenvalue weighted by atomic mass is 16.4. The number of aromatic hydroxyl groups is 2. The largest absolute Gasteiger partial charge is 0.507 e. The minimum absolute atomic E-state index is 0.239. The molecule has 0 spiro atoms. The first-order chi connectivity index (χ1) is 12.3. The van der Waals surface area contributed by atoms with Gasteiger partial charge in [0.2, 0.25) is 0 Å². The van der Waals surface area contributed by atoms with Gasteiger partial charge in [0.15, 0.2) is 0 Å². The Bertz CT molecular complexity index is 884. The van der Waals surface area contributed by atoms with Gasteiger partial charge >= 0.3 is 11.9 Å². The van der Waals surface area contributed by atoms with E-state index < -0.39 is 11.9 Å². The number of carboxylic acids is 2. The van der Waals surface area contributed by atoms with Crippen molar-refractivity contribution in [1.29, 1.82) is 0 Å². The molecule has 0 aliphatic carbocycles. The third-order valence-corrected chi connectivity index (χ3v) is 3.18. The molecular formula is C20H18O6. The van der Waals surface area contributed by atoms with E-state index in [1.807, 2.05) is 36.4 Å². The lowest BCUT2D eigenvalue weighted by molar-refractivity contribution is -0.132. The molecule has 0 radical (unpaired) electrons. The summed E-state index contributed by atoms with van der Waals surface area (Å²) in [4.78, 5) is 18.5. The number of hydrogen-bond acceptors (Lipinski definition) is 4. The third-order valence-electron chi connectivity index (χ3n) is 3.18. The van der Waals surface area contributed by atoms with Gasteiger partial charge in [0.1, 0.15) is 11.5 Å². The Hall–Kier alpha value is -3.80. The fourth-order valence-corrected chi connectivity index (χ4v) is 2.02. The molecule has 0 unspecified atom stereocenters. The van der Waals surface area contributed by atoms with E-state index in [9.17, 15) is 19.8 Å². The number of carboxylic acid groups (broad SMARTS) is 2. The lowest BCUT2D eigenvalue weighted by Gasteiger charge is -2.05. The zero-order chi connectivity index (χ0) is 19.7. The SMILES string of the molecule is C=CC(=O)O.C=CC(=O)O.Oc1cccc2cc3cccc(O)c3cc12. The zero-order valence-corrected chi connectivity index (χ0v) is 13.8. The minimum atomic E-state index is -0.981. The van der Waals surface area contributed by atoms with Gasteiger partial charge in [0, 0.05) is 22.9 Å². The van der Waals surface area contributed by atoms with Gasteiger partial charge in [0.05, 0.1) is 0 Å². The van der Waals surface area contributed by atoms with Gasteiger partial charge in [-0.3, -0.25) is 0 Å². The quantitative estimate of drug-likeness (QED) is 0.409. The third kappa shape index (κ3) is 5.68. The molecule has 134 valence electrons. The van der Waals surface area contributed by atoms with Crippen LogP contribution in [-0.4, -0.2) is 32.4 Å². The first-order valence-corrected chi connectivity index (χ1v) is 7.34. The van der Waals surface area contributed by atoms with E-state index in [0.29, 0.717) is 0 Å². The smallest absolute Gasteiger partial charge is 0.327 e. The predicted molar refractivity (Wildman–Crippen MR) is 100 cm³/mol. The monoisotopic (exact) mass is 354 g/mol. The number of hydrogen-bond donors (Lipinski definition) is 4. The first-order valence-electron chi connectivity index (χ1n) is 7.34. The van der Waals surface area contributed by atoms with Crippen molar-refractivity contribution in [3.8, 4) is 11.5 Å². The van der Waals surface area contributed by atoms with Gasteiger partial charge in [-0.25, -0.2) is 9.59 Å². The summed E-state index contributed by atoms with van der Waals surface area (Å²) in [5.74, 6) is -1.49. The highest BCUT2D eigenvalue weighted by Crippen LogP contribution is 2.32. The van der Waals surface area contributed by atoms with Crippen LogP contribution in [0.2, 0.25) is 0 Å². The predicted octanol–water partition coefficient (Wildman–Crippen LogP) is 3.92. The number of rotatable bonds is 2. The van der Waals surface area contributed by atoms with Crippen molar-refractivity contribution in [2.24, 2.45) is 0 Å². The Labute approximate surface area is 149 Å². The van der Waals surface area contributed by atoms with E-state index in [2.05, 4.69) is 13.2 Å². The molecule has 0 fully saturated rings. The van der Waals surface area contributed by atoms with Gasteiger partial charge in [0.25, 0.3) is 0 Å². The number of aliphatic carboxylic acids is 2. The molecule has 3 rings (SSSR count). The Morgan fingerprint density at radius 2 is 1.08 bits per heavy atom. The summed E-state index contributed by atoms with van der Waals surface area (Å²) in [5, 5.41) is 38.2. The van der Waals surface area contributed by atoms with E-state index in [0.717, 1.165) is 33.7 Å². The molecule has 26 heavy (non-hydrogen) atoms. The maximum absolute atomic E-state index is 9.74. The Morgan fingerprint density at radius 1 is 0.731 bits per heavy atom. The molecule has 6 heteroatoms. The van der Waals surface area contributed by atoms with E-state index in [-0.39, 0.29) is 11.5 Å². The van der Waals surface area contributed by atoms with Crippen LogP contribution < -0.4 is 0 Å². The number of phenols is 2. The maximum atomic E-state index is 9.74. The molecule has 0 atom stereocenters. The van der Waals surface area contributed by atoms with Crippen LogP contribution in [0, 0.1) is 0 Å². The minimum Gasteiger partial charge on any atom is -0.507 e. The van der Waals surface area contributed by atoms with E-state index >= 15 is 0 Å². The summed E-state index contributed by atoms with van der Waals surface area (Å²) in [6, 6.07) is 14.6. The van der Waals surface area contributed by atoms with Crippen LogP contribution >= 0.6 is 0 Å². The molecule has 0 aliphatic rings. The van der Waals surface area contributed by atoms with Gasteiger partial charge in [-0.05, 0) is 35.0 Å². The van der Waals surface area contributed by atoms with Gasteiger partial charge in [-0.2, -0.15) is 0 Å². The molecule has 0 amide bonds. The fourth-order valence-electron chi connectivity index (χ4n) is 2.02. The van der Waals surface area contributed by atoms with Gasteiger partial charge in [-0.1, -0.05) is 37.4 Å². The molecule has 0 aliphatic heterocycles. The lowest BCUT2D eigenvalue weighted by Crippen LogP contribution is -1.82. The van der Waals surface area contributed by atoms with Crippen LogP contribution in [0.4, 0.5) is 0 Å². The van der Waals surface area contributed by atoms with Crippen LogP contribution in [0.5, 0.6) is 11.5 Å². The van der Waals surface area contributed by atoms with E-state index in [1.54, 1.807) is 12.1 Å². The van der Waals surface area contributed by atoms with Crippen LogP contribution in [0.3, 0.4) is 0 Å². The van der Waals surface area contributed by atoms with Crippen molar-refractivity contribution in [3.05, 3.63) is 73.8 Å². The number of phenolic OH excluding ortho intramolecular Hbond substituents is 2. The normalized spacial score (nSPS) is 9.23. The summed E-state index contributed by atoms with van der Waals surface area (Å²) in [6.45, 7) is 5.92. The van der Waals surface area contributed by atoms with Crippen molar-refractivity contribution in [3.63, 3.8) is 0 Å². The summed E-state index contributed by atoms with van der Waals surface area (Å²) in [5.41, 5.74) is 0. The summed E-state index contributed by atoms with van der Waals surface area (Å²) in [7, 11) is 0. The molecule has 3 aromatic rings. The molecule has 0 bridgehead atoms. The average Bonchev–Trinajstić information content (AvgIpc) is 2.62. The highest BCUT2D eigenvalue weighted by molar-refractivity contribution is 6.02. The lowest BCUT2D eigenvalue weighted by atomic mass is 10.0. The molecule has 6 nitrogen and oxygen atoms in total. The summed E-state index contributed by atoms with van der Waals surface area (Å²) < 4.78 is 0. The molecule has 0 heterocycles. The first kappa shape index (κ1) is 20.2. The molecule has 0 saturated heterocycles. The Kier molecular flexibility index (Phi) is 7.39. The van der Waals surface area contributed by atoms with Crippen LogP contribution in [0.15, 0.2) is 73.8 Å². The van der Waals surface area contributed by atoms with Gasteiger partial charge < -0.3 is 20.4 Å². The van der Waals surface area contributed by atoms with Crippen molar-refractivity contribution in [2.75, 3.05) is 0 Å². The summed E-state index contributed by atoms with van der Waals surface area (Å²) in [6.07, 6.45) is 1.67. The molecule has 3 aromatic carbocycles. The second-order valence-corrected chi connectivity index (χ2v) is 4.93. The molecular weight excluding hydrogens is 336 g/mol. The van der Waals surface area contributed by atoms with Crippen molar-refractivity contribution < 1.29 is 30.0 Å². The van der Waals surface area contributed by atoms with Crippen molar-refractivity contribution >= 4 is 33.5 Å². The number of benzene rings is 3. The topological polar surface area (TPSA) is 115 Å². The van der Waals surface area contributed by atoms with Gasteiger partial charge in [-0.15, -0.1) is 0 Å². The second kappa shape index (κ2) is 9.48. The van der Waals surface area contributed by atoms with Crippen LogP contribution in [0.25, 0.3) is 21.5 Å². The molecule has 0 aromatic heterocycles.